The Bertz CT molecular complexity index is 618. The summed E-state index contributed by atoms with van der Waals surface area (Å²) in [6.07, 6.45) is 1.72. The molecule has 20 heavy (non-hydrogen) atoms. The molecule has 0 N–H and O–H groups in total. The third kappa shape index (κ3) is 3.23. The number of hydrogen-bond donors (Lipinski definition) is 0. The van der Waals surface area contributed by atoms with Crippen LogP contribution < -0.4 is 4.74 Å². The van der Waals surface area contributed by atoms with Crippen molar-refractivity contribution in [1.29, 1.82) is 0 Å². The van der Waals surface area contributed by atoms with Gasteiger partial charge in [-0.2, -0.15) is 0 Å². The summed E-state index contributed by atoms with van der Waals surface area (Å²) in [6.45, 7) is 0. The van der Waals surface area contributed by atoms with Crippen molar-refractivity contribution < 1.29 is 14.3 Å². The fraction of sp³-hybridized carbons (Fsp3) is 0.125. The maximum Gasteiger partial charge on any atom is 0.337 e. The lowest BCUT2D eigenvalue weighted by Gasteiger charge is -2.03. The van der Waals surface area contributed by atoms with E-state index >= 15 is 0 Å². The van der Waals surface area contributed by atoms with E-state index in [4.69, 9.17) is 4.74 Å². The molecule has 0 radical (unpaired) electrons. The molecule has 0 unspecified atom stereocenters. The van der Waals surface area contributed by atoms with Gasteiger partial charge in [0.2, 0.25) is 0 Å². The summed E-state index contributed by atoms with van der Waals surface area (Å²) in [5, 5.41) is 0. The Morgan fingerprint density at radius 1 is 1.05 bits per heavy atom. The van der Waals surface area contributed by atoms with Crippen LogP contribution in [0.15, 0.2) is 53.5 Å². The van der Waals surface area contributed by atoms with E-state index in [1.165, 1.54) is 7.11 Å². The molecule has 0 aliphatic heterocycles. The summed E-state index contributed by atoms with van der Waals surface area (Å²) >= 11 is 0. The number of ether oxygens (including phenoxy) is 2. The first kappa shape index (κ1) is 13.8. The monoisotopic (exact) mass is 269 g/mol. The maximum atomic E-state index is 11.3. The quantitative estimate of drug-likeness (QED) is 0.632. The molecule has 0 heterocycles. The van der Waals surface area contributed by atoms with E-state index in [-0.39, 0.29) is 5.97 Å². The summed E-state index contributed by atoms with van der Waals surface area (Å²) in [7, 11) is 2.97. The van der Waals surface area contributed by atoms with Crippen LogP contribution in [0.25, 0.3) is 0 Å². The molecule has 4 nitrogen and oxygen atoms in total. The fourth-order valence-electron chi connectivity index (χ4n) is 1.70. The molecule has 0 atom stereocenters. The van der Waals surface area contributed by atoms with Gasteiger partial charge < -0.3 is 9.47 Å². The Morgan fingerprint density at radius 2 is 1.75 bits per heavy atom. The second kappa shape index (κ2) is 6.52. The number of methoxy groups -OCH3 is 2. The zero-order valence-corrected chi connectivity index (χ0v) is 11.4. The van der Waals surface area contributed by atoms with Crippen molar-refractivity contribution in [3.63, 3.8) is 0 Å². The first-order chi connectivity index (χ1) is 9.74. The molecule has 0 aliphatic carbocycles. The van der Waals surface area contributed by atoms with Gasteiger partial charge in [0.05, 0.1) is 19.8 Å². The zero-order chi connectivity index (χ0) is 14.4. The second-order valence-electron chi connectivity index (χ2n) is 4.04. The van der Waals surface area contributed by atoms with Gasteiger partial charge in [-0.15, -0.1) is 0 Å². The van der Waals surface area contributed by atoms with Crippen molar-refractivity contribution in [2.75, 3.05) is 14.2 Å². The van der Waals surface area contributed by atoms with Crippen LogP contribution in [-0.2, 0) is 4.74 Å². The van der Waals surface area contributed by atoms with Gasteiger partial charge in [0.25, 0.3) is 0 Å². The molecule has 2 aromatic carbocycles. The third-order valence-electron chi connectivity index (χ3n) is 2.77. The molecule has 0 aromatic heterocycles. The van der Waals surface area contributed by atoms with Crippen molar-refractivity contribution in [3.05, 3.63) is 59.7 Å². The summed E-state index contributed by atoms with van der Waals surface area (Å²) in [6, 6.07) is 14.5. The highest BCUT2D eigenvalue weighted by Crippen LogP contribution is 2.25. The van der Waals surface area contributed by atoms with Crippen LogP contribution in [0.4, 0.5) is 5.69 Å². The standard InChI is InChI=1S/C16H15NO3/c1-19-15-6-4-3-5-14(15)17-11-12-7-9-13(10-8-12)16(18)20-2/h3-11H,1-2H3. The highest BCUT2D eigenvalue weighted by atomic mass is 16.5. The second-order valence-corrected chi connectivity index (χ2v) is 4.04. The molecule has 0 amide bonds. The molecule has 2 rings (SSSR count). The van der Waals surface area contributed by atoms with Gasteiger partial charge in [0.1, 0.15) is 11.4 Å². The Morgan fingerprint density at radius 3 is 2.40 bits per heavy atom. The molecule has 0 bridgehead atoms. The number of nitrogens with zero attached hydrogens (tertiary/aromatic N) is 1. The Hall–Kier alpha value is -2.62. The Labute approximate surface area is 117 Å². The lowest BCUT2D eigenvalue weighted by atomic mass is 10.1. The first-order valence-corrected chi connectivity index (χ1v) is 6.10. The first-order valence-electron chi connectivity index (χ1n) is 6.10. The predicted molar refractivity (Wildman–Crippen MR) is 78.0 cm³/mol. The molecule has 4 heteroatoms. The molecule has 0 aliphatic rings. The maximum absolute atomic E-state index is 11.3. The van der Waals surface area contributed by atoms with Gasteiger partial charge in [-0.05, 0) is 29.8 Å². The average Bonchev–Trinajstić information content (AvgIpc) is 2.53. The SMILES string of the molecule is COC(=O)c1ccc(C=Nc2ccccc2OC)cc1. The van der Waals surface area contributed by atoms with Crippen LogP contribution in [0.5, 0.6) is 5.75 Å². The largest absolute Gasteiger partial charge is 0.494 e. The molecule has 0 fully saturated rings. The number of carbonyl (C=O) groups excluding carboxylic acids is 1. The van der Waals surface area contributed by atoms with E-state index in [0.29, 0.717) is 5.56 Å². The van der Waals surface area contributed by atoms with Crippen LogP contribution in [0.2, 0.25) is 0 Å². The number of aliphatic imine (C=N–C) groups is 1. The highest BCUT2D eigenvalue weighted by Gasteiger charge is 2.03. The van der Waals surface area contributed by atoms with E-state index in [2.05, 4.69) is 9.73 Å². The van der Waals surface area contributed by atoms with Crippen LogP contribution in [-0.4, -0.2) is 26.4 Å². The van der Waals surface area contributed by atoms with Crippen LogP contribution in [0, 0.1) is 0 Å². The van der Waals surface area contributed by atoms with Crippen LogP contribution >= 0.6 is 0 Å². The van der Waals surface area contributed by atoms with E-state index in [0.717, 1.165) is 17.0 Å². The number of para-hydroxylation sites is 2. The van der Waals surface area contributed by atoms with Crippen molar-refractivity contribution in [2.45, 2.75) is 0 Å². The number of rotatable bonds is 4. The number of carbonyl (C=O) groups is 1. The Balaban J connectivity index is 2.17. The molecule has 0 saturated carbocycles. The number of hydrogen-bond acceptors (Lipinski definition) is 4. The summed E-state index contributed by atoms with van der Waals surface area (Å²) in [5.74, 6) is 0.369. The summed E-state index contributed by atoms with van der Waals surface area (Å²) in [4.78, 5) is 15.7. The Kier molecular flexibility index (Phi) is 4.50. The van der Waals surface area contributed by atoms with Gasteiger partial charge in [-0.25, -0.2) is 4.79 Å². The van der Waals surface area contributed by atoms with Crippen LogP contribution in [0.3, 0.4) is 0 Å². The average molecular weight is 269 g/mol. The van der Waals surface area contributed by atoms with Gasteiger partial charge in [0.15, 0.2) is 0 Å². The number of benzene rings is 2. The minimum Gasteiger partial charge on any atom is -0.494 e. The molecule has 2 aromatic rings. The number of esters is 1. The molecule has 102 valence electrons. The van der Waals surface area contributed by atoms with Crippen LogP contribution in [0.1, 0.15) is 15.9 Å². The lowest BCUT2D eigenvalue weighted by molar-refractivity contribution is 0.0601. The molecule has 0 saturated heterocycles. The zero-order valence-electron chi connectivity index (χ0n) is 11.4. The van der Waals surface area contributed by atoms with Gasteiger partial charge >= 0.3 is 5.97 Å². The minimum atomic E-state index is -0.349. The van der Waals surface area contributed by atoms with Gasteiger partial charge in [-0.3, -0.25) is 4.99 Å². The molecular formula is C16H15NO3. The molecular weight excluding hydrogens is 254 g/mol. The topological polar surface area (TPSA) is 47.9 Å². The van der Waals surface area contributed by atoms with E-state index in [1.807, 2.05) is 36.4 Å². The molecule has 0 spiro atoms. The van der Waals surface area contributed by atoms with Crippen molar-refractivity contribution in [3.8, 4) is 5.75 Å². The summed E-state index contributed by atoms with van der Waals surface area (Å²) < 4.78 is 9.87. The highest BCUT2D eigenvalue weighted by molar-refractivity contribution is 5.91. The smallest absolute Gasteiger partial charge is 0.337 e. The third-order valence-corrected chi connectivity index (χ3v) is 2.77. The lowest BCUT2D eigenvalue weighted by Crippen LogP contribution is -2.00. The van der Waals surface area contributed by atoms with Gasteiger partial charge in [0, 0.05) is 6.21 Å². The summed E-state index contributed by atoms with van der Waals surface area (Å²) in [5.41, 5.74) is 2.16. The van der Waals surface area contributed by atoms with Crippen molar-refractivity contribution in [1.82, 2.24) is 0 Å². The fourth-order valence-corrected chi connectivity index (χ4v) is 1.70. The normalized spacial score (nSPS) is 10.5. The minimum absolute atomic E-state index is 0.349. The van der Waals surface area contributed by atoms with E-state index < -0.39 is 0 Å². The van der Waals surface area contributed by atoms with Crippen molar-refractivity contribution in [2.24, 2.45) is 4.99 Å². The van der Waals surface area contributed by atoms with E-state index in [9.17, 15) is 4.79 Å². The van der Waals surface area contributed by atoms with E-state index in [1.54, 1.807) is 25.5 Å². The van der Waals surface area contributed by atoms with Gasteiger partial charge in [-0.1, -0.05) is 24.3 Å². The van der Waals surface area contributed by atoms with Crippen molar-refractivity contribution >= 4 is 17.9 Å². The predicted octanol–water partition coefficient (Wildman–Crippen LogP) is 3.23.